The van der Waals surface area contributed by atoms with Crippen LogP contribution < -0.4 is 0 Å². The first-order valence-corrected chi connectivity index (χ1v) is 4.67. The highest BCUT2D eigenvalue weighted by Crippen LogP contribution is 2.08. The van der Waals surface area contributed by atoms with Crippen molar-refractivity contribution in [1.82, 2.24) is 0 Å². The van der Waals surface area contributed by atoms with E-state index in [9.17, 15) is 10.2 Å². The van der Waals surface area contributed by atoms with Crippen LogP contribution in [0.25, 0.3) is 0 Å². The van der Waals surface area contributed by atoms with Gasteiger partial charge in [-0.3, -0.25) is 0 Å². The SMILES string of the molecule is C=CCC(O)CCC(O)CCC. The van der Waals surface area contributed by atoms with Gasteiger partial charge >= 0.3 is 0 Å². The largest absolute Gasteiger partial charge is 0.393 e. The maximum Gasteiger partial charge on any atom is 0.0575 e. The zero-order valence-electron chi connectivity index (χ0n) is 7.87. The van der Waals surface area contributed by atoms with E-state index in [1.54, 1.807) is 6.08 Å². The van der Waals surface area contributed by atoms with Gasteiger partial charge in [0.05, 0.1) is 12.2 Å². The lowest BCUT2D eigenvalue weighted by molar-refractivity contribution is 0.110. The van der Waals surface area contributed by atoms with Crippen LogP contribution in [0.15, 0.2) is 12.7 Å². The summed E-state index contributed by atoms with van der Waals surface area (Å²) in [6.45, 7) is 5.59. The number of hydrogen-bond acceptors (Lipinski definition) is 2. The molecule has 2 unspecified atom stereocenters. The number of rotatable bonds is 7. The van der Waals surface area contributed by atoms with Crippen molar-refractivity contribution in [2.24, 2.45) is 0 Å². The van der Waals surface area contributed by atoms with E-state index in [1.807, 2.05) is 6.92 Å². The van der Waals surface area contributed by atoms with Gasteiger partial charge < -0.3 is 10.2 Å². The van der Waals surface area contributed by atoms with E-state index >= 15 is 0 Å². The molecule has 0 saturated heterocycles. The van der Waals surface area contributed by atoms with Crippen molar-refractivity contribution in [1.29, 1.82) is 0 Å². The highest BCUT2D eigenvalue weighted by atomic mass is 16.3. The smallest absolute Gasteiger partial charge is 0.0575 e. The van der Waals surface area contributed by atoms with Crippen molar-refractivity contribution in [2.75, 3.05) is 0 Å². The summed E-state index contributed by atoms with van der Waals surface area (Å²) in [5, 5.41) is 18.6. The molecular weight excluding hydrogens is 152 g/mol. The van der Waals surface area contributed by atoms with Gasteiger partial charge in [0.1, 0.15) is 0 Å². The second-order valence-corrected chi connectivity index (χ2v) is 3.20. The van der Waals surface area contributed by atoms with E-state index in [4.69, 9.17) is 0 Å². The fourth-order valence-corrected chi connectivity index (χ4v) is 1.17. The van der Waals surface area contributed by atoms with Gasteiger partial charge in [-0.1, -0.05) is 19.4 Å². The first-order chi connectivity index (χ1) is 5.70. The van der Waals surface area contributed by atoms with Gasteiger partial charge in [-0.2, -0.15) is 0 Å². The molecule has 0 aromatic rings. The second-order valence-electron chi connectivity index (χ2n) is 3.20. The Bertz CT molecular complexity index is 112. The molecule has 2 N–H and O–H groups in total. The Kier molecular flexibility index (Phi) is 7.11. The van der Waals surface area contributed by atoms with E-state index < -0.39 is 0 Å². The fraction of sp³-hybridized carbons (Fsp3) is 0.800. The first kappa shape index (κ1) is 11.7. The fourth-order valence-electron chi connectivity index (χ4n) is 1.17. The quantitative estimate of drug-likeness (QED) is 0.575. The van der Waals surface area contributed by atoms with Crippen molar-refractivity contribution >= 4 is 0 Å². The van der Waals surface area contributed by atoms with Gasteiger partial charge in [-0.15, -0.1) is 6.58 Å². The predicted octanol–water partition coefficient (Wildman–Crippen LogP) is 1.86. The summed E-state index contributed by atoms with van der Waals surface area (Å²) in [5.74, 6) is 0. The second kappa shape index (κ2) is 7.32. The molecule has 0 saturated carbocycles. The minimum Gasteiger partial charge on any atom is -0.393 e. The Labute approximate surface area is 74.9 Å². The minimum atomic E-state index is -0.325. The Morgan fingerprint density at radius 2 is 1.75 bits per heavy atom. The zero-order chi connectivity index (χ0) is 9.40. The molecule has 0 bridgehead atoms. The predicted molar refractivity (Wildman–Crippen MR) is 51.0 cm³/mol. The molecular formula is C10H20O2. The molecule has 0 aliphatic carbocycles. The number of aliphatic hydroxyl groups excluding tert-OH is 2. The van der Waals surface area contributed by atoms with E-state index in [0.29, 0.717) is 19.3 Å². The van der Waals surface area contributed by atoms with Crippen LogP contribution in [0.3, 0.4) is 0 Å². The molecule has 0 aliphatic rings. The molecule has 12 heavy (non-hydrogen) atoms. The topological polar surface area (TPSA) is 40.5 Å². The monoisotopic (exact) mass is 172 g/mol. The molecule has 2 heteroatoms. The Morgan fingerprint density at radius 3 is 2.25 bits per heavy atom. The van der Waals surface area contributed by atoms with Gasteiger partial charge in [-0.05, 0) is 25.7 Å². The molecule has 0 fully saturated rings. The third kappa shape index (κ3) is 6.38. The lowest BCUT2D eigenvalue weighted by Crippen LogP contribution is -2.12. The highest BCUT2D eigenvalue weighted by molar-refractivity contribution is 4.72. The first-order valence-electron chi connectivity index (χ1n) is 4.67. The van der Waals surface area contributed by atoms with Crippen LogP contribution in [-0.4, -0.2) is 22.4 Å². The third-order valence-electron chi connectivity index (χ3n) is 1.89. The molecule has 2 atom stereocenters. The van der Waals surface area contributed by atoms with Crippen LogP contribution in [-0.2, 0) is 0 Å². The maximum absolute atomic E-state index is 9.33. The van der Waals surface area contributed by atoms with Crippen LogP contribution in [0.2, 0.25) is 0 Å². The molecule has 0 spiro atoms. The summed E-state index contributed by atoms with van der Waals surface area (Å²) in [6.07, 6.45) is 4.97. The van der Waals surface area contributed by atoms with E-state index in [0.717, 1.165) is 12.8 Å². The van der Waals surface area contributed by atoms with E-state index in [1.165, 1.54) is 0 Å². The van der Waals surface area contributed by atoms with Gasteiger partial charge in [0.2, 0.25) is 0 Å². The highest BCUT2D eigenvalue weighted by Gasteiger charge is 2.06. The van der Waals surface area contributed by atoms with Crippen molar-refractivity contribution in [3.8, 4) is 0 Å². The van der Waals surface area contributed by atoms with Crippen LogP contribution >= 0.6 is 0 Å². The summed E-state index contributed by atoms with van der Waals surface area (Å²) in [4.78, 5) is 0. The molecule has 0 rings (SSSR count). The van der Waals surface area contributed by atoms with Crippen LogP contribution in [0.5, 0.6) is 0 Å². The minimum absolute atomic E-state index is 0.241. The van der Waals surface area contributed by atoms with E-state index in [2.05, 4.69) is 6.58 Å². The number of hydrogen-bond donors (Lipinski definition) is 2. The lowest BCUT2D eigenvalue weighted by atomic mass is 10.0. The van der Waals surface area contributed by atoms with Crippen molar-refractivity contribution < 1.29 is 10.2 Å². The molecule has 0 aromatic heterocycles. The molecule has 0 aliphatic heterocycles. The third-order valence-corrected chi connectivity index (χ3v) is 1.89. The molecule has 0 amide bonds. The van der Waals surface area contributed by atoms with Gasteiger partial charge in [0, 0.05) is 0 Å². The zero-order valence-corrected chi connectivity index (χ0v) is 7.87. The maximum atomic E-state index is 9.33. The summed E-state index contributed by atoms with van der Waals surface area (Å²) < 4.78 is 0. The standard InChI is InChI=1S/C10H20O2/c1-3-5-9(11)7-8-10(12)6-4-2/h3,9-12H,1,4-8H2,2H3. The molecule has 2 nitrogen and oxygen atoms in total. The van der Waals surface area contributed by atoms with Crippen LogP contribution in [0, 0.1) is 0 Å². The van der Waals surface area contributed by atoms with Gasteiger partial charge in [0.25, 0.3) is 0 Å². The Balaban J connectivity index is 3.32. The van der Waals surface area contributed by atoms with Gasteiger partial charge in [-0.25, -0.2) is 0 Å². The summed E-state index contributed by atoms with van der Waals surface area (Å²) in [6, 6.07) is 0. The summed E-state index contributed by atoms with van der Waals surface area (Å²) in [5.41, 5.74) is 0. The Morgan fingerprint density at radius 1 is 1.17 bits per heavy atom. The van der Waals surface area contributed by atoms with Crippen molar-refractivity contribution in [3.63, 3.8) is 0 Å². The average Bonchev–Trinajstić information content (AvgIpc) is 2.02. The molecule has 0 heterocycles. The van der Waals surface area contributed by atoms with Crippen LogP contribution in [0.4, 0.5) is 0 Å². The van der Waals surface area contributed by atoms with Crippen LogP contribution in [0.1, 0.15) is 39.0 Å². The van der Waals surface area contributed by atoms with Crippen molar-refractivity contribution in [3.05, 3.63) is 12.7 Å². The summed E-state index contributed by atoms with van der Waals surface area (Å²) in [7, 11) is 0. The Hall–Kier alpha value is -0.340. The average molecular weight is 172 g/mol. The lowest BCUT2D eigenvalue weighted by Gasteiger charge is -2.11. The summed E-state index contributed by atoms with van der Waals surface area (Å²) >= 11 is 0. The number of aliphatic hydroxyl groups is 2. The van der Waals surface area contributed by atoms with Gasteiger partial charge in [0.15, 0.2) is 0 Å². The molecule has 0 radical (unpaired) electrons. The van der Waals surface area contributed by atoms with Crippen molar-refractivity contribution in [2.45, 2.75) is 51.2 Å². The van der Waals surface area contributed by atoms with E-state index in [-0.39, 0.29) is 12.2 Å². The molecule has 72 valence electrons. The normalized spacial score (nSPS) is 15.6. The molecule has 0 aromatic carbocycles.